The number of anilines is 2. The average molecular weight is 342 g/mol. The van der Waals surface area contributed by atoms with Crippen LogP contribution in [0.4, 0.5) is 11.4 Å². The SMILES string of the molecule is CC(=O)Nc1cccc(NC(=O)c2cc3cc(Cl)ccc3[nH]2)c1C. The van der Waals surface area contributed by atoms with E-state index < -0.39 is 0 Å². The quantitative estimate of drug-likeness (QED) is 0.663. The molecule has 1 heterocycles. The number of aromatic amines is 1. The van der Waals surface area contributed by atoms with Crippen molar-refractivity contribution in [2.75, 3.05) is 10.6 Å². The molecule has 1 aromatic heterocycles. The Labute approximate surface area is 144 Å². The molecule has 5 nitrogen and oxygen atoms in total. The van der Waals surface area contributed by atoms with Crippen LogP contribution in [0.2, 0.25) is 5.02 Å². The van der Waals surface area contributed by atoms with Crippen molar-refractivity contribution in [3.05, 3.63) is 58.7 Å². The van der Waals surface area contributed by atoms with Gasteiger partial charge in [0, 0.05) is 34.2 Å². The maximum Gasteiger partial charge on any atom is 0.272 e. The molecule has 0 aliphatic rings. The number of H-pyrrole nitrogens is 1. The minimum absolute atomic E-state index is 0.158. The van der Waals surface area contributed by atoms with Gasteiger partial charge in [0.2, 0.25) is 5.91 Å². The standard InChI is InChI=1S/C18H16ClN3O2/c1-10-14(20-11(2)23)4-3-5-15(10)22-18(24)17-9-12-8-13(19)6-7-16(12)21-17/h3-9,21H,1-2H3,(H,20,23)(H,22,24). The number of hydrogen-bond donors (Lipinski definition) is 3. The van der Waals surface area contributed by atoms with Crippen LogP contribution in [-0.2, 0) is 4.79 Å². The number of amides is 2. The van der Waals surface area contributed by atoms with Gasteiger partial charge in [-0.2, -0.15) is 0 Å². The van der Waals surface area contributed by atoms with Crippen molar-refractivity contribution in [2.45, 2.75) is 13.8 Å². The van der Waals surface area contributed by atoms with Crippen LogP contribution in [0.25, 0.3) is 10.9 Å². The van der Waals surface area contributed by atoms with Crippen molar-refractivity contribution >= 4 is 45.7 Å². The van der Waals surface area contributed by atoms with Gasteiger partial charge < -0.3 is 15.6 Å². The molecule has 3 aromatic rings. The van der Waals surface area contributed by atoms with Crippen LogP contribution >= 0.6 is 11.6 Å². The van der Waals surface area contributed by atoms with Gasteiger partial charge in [0.1, 0.15) is 5.69 Å². The third-order valence-corrected chi connectivity index (χ3v) is 3.96. The number of carbonyl (C=O) groups excluding carboxylic acids is 2. The van der Waals surface area contributed by atoms with E-state index in [1.54, 1.807) is 36.4 Å². The highest BCUT2D eigenvalue weighted by molar-refractivity contribution is 6.31. The molecule has 0 saturated heterocycles. The summed E-state index contributed by atoms with van der Waals surface area (Å²) in [6, 6.07) is 12.5. The van der Waals surface area contributed by atoms with Crippen LogP contribution in [0, 0.1) is 6.92 Å². The predicted molar refractivity (Wildman–Crippen MR) is 96.7 cm³/mol. The van der Waals surface area contributed by atoms with E-state index in [0.717, 1.165) is 16.5 Å². The molecule has 122 valence electrons. The second-order valence-electron chi connectivity index (χ2n) is 5.53. The summed E-state index contributed by atoms with van der Waals surface area (Å²) in [5.74, 6) is -0.417. The van der Waals surface area contributed by atoms with Gasteiger partial charge in [-0.05, 0) is 48.9 Å². The van der Waals surface area contributed by atoms with E-state index in [9.17, 15) is 9.59 Å². The van der Waals surface area contributed by atoms with Crippen molar-refractivity contribution in [2.24, 2.45) is 0 Å². The van der Waals surface area contributed by atoms with Crippen LogP contribution in [0.1, 0.15) is 23.0 Å². The summed E-state index contributed by atoms with van der Waals surface area (Å²) < 4.78 is 0. The lowest BCUT2D eigenvalue weighted by Crippen LogP contribution is -2.14. The first-order chi connectivity index (χ1) is 11.4. The van der Waals surface area contributed by atoms with Crippen LogP contribution in [0.15, 0.2) is 42.5 Å². The Balaban J connectivity index is 1.87. The third kappa shape index (κ3) is 3.26. The van der Waals surface area contributed by atoms with E-state index in [4.69, 9.17) is 11.6 Å². The number of nitrogens with one attached hydrogen (secondary N) is 3. The summed E-state index contributed by atoms with van der Waals surface area (Å²) in [5, 5.41) is 7.09. The number of fused-ring (bicyclic) bond motifs is 1. The van der Waals surface area contributed by atoms with Gasteiger partial charge in [-0.15, -0.1) is 0 Å². The van der Waals surface area contributed by atoms with Gasteiger partial charge >= 0.3 is 0 Å². The summed E-state index contributed by atoms with van der Waals surface area (Å²) in [7, 11) is 0. The summed E-state index contributed by atoms with van der Waals surface area (Å²) in [6.07, 6.45) is 0. The first-order valence-electron chi connectivity index (χ1n) is 7.41. The molecule has 0 fully saturated rings. The van der Waals surface area contributed by atoms with E-state index in [0.29, 0.717) is 22.1 Å². The highest BCUT2D eigenvalue weighted by Crippen LogP contribution is 2.25. The minimum Gasteiger partial charge on any atom is -0.351 e. The molecule has 0 spiro atoms. The Morgan fingerprint density at radius 3 is 2.46 bits per heavy atom. The van der Waals surface area contributed by atoms with Crippen molar-refractivity contribution in [1.29, 1.82) is 0 Å². The third-order valence-electron chi connectivity index (χ3n) is 3.72. The Morgan fingerprint density at radius 2 is 1.75 bits per heavy atom. The molecule has 0 bridgehead atoms. The fraction of sp³-hybridized carbons (Fsp3) is 0.111. The summed E-state index contributed by atoms with van der Waals surface area (Å²) in [5.41, 5.74) is 3.39. The van der Waals surface area contributed by atoms with E-state index in [1.165, 1.54) is 6.92 Å². The zero-order valence-corrected chi connectivity index (χ0v) is 14.0. The molecular weight excluding hydrogens is 326 g/mol. The number of carbonyl (C=O) groups is 2. The van der Waals surface area contributed by atoms with Gasteiger partial charge in [0.15, 0.2) is 0 Å². The summed E-state index contributed by atoms with van der Waals surface area (Å²) >= 11 is 5.97. The molecule has 6 heteroatoms. The molecular formula is C18H16ClN3O2. The first-order valence-corrected chi connectivity index (χ1v) is 7.78. The van der Waals surface area contributed by atoms with Crippen molar-refractivity contribution < 1.29 is 9.59 Å². The van der Waals surface area contributed by atoms with E-state index >= 15 is 0 Å². The van der Waals surface area contributed by atoms with Crippen LogP contribution in [-0.4, -0.2) is 16.8 Å². The topological polar surface area (TPSA) is 74.0 Å². The van der Waals surface area contributed by atoms with E-state index in [2.05, 4.69) is 15.6 Å². The molecule has 0 atom stereocenters. The molecule has 3 N–H and O–H groups in total. The number of aromatic nitrogens is 1. The smallest absolute Gasteiger partial charge is 0.272 e. The number of benzene rings is 2. The average Bonchev–Trinajstić information content (AvgIpc) is 2.94. The Bertz CT molecular complexity index is 947. The number of halogens is 1. The zero-order valence-electron chi connectivity index (χ0n) is 13.2. The van der Waals surface area contributed by atoms with Gasteiger partial charge in [0.25, 0.3) is 5.91 Å². The van der Waals surface area contributed by atoms with Crippen LogP contribution in [0.5, 0.6) is 0 Å². The lowest BCUT2D eigenvalue weighted by Gasteiger charge is -2.12. The van der Waals surface area contributed by atoms with Crippen LogP contribution in [0.3, 0.4) is 0 Å². The van der Waals surface area contributed by atoms with E-state index in [-0.39, 0.29) is 11.8 Å². The molecule has 0 unspecified atom stereocenters. The molecule has 2 amide bonds. The second kappa shape index (κ2) is 6.37. The van der Waals surface area contributed by atoms with Gasteiger partial charge in [0.05, 0.1) is 0 Å². The fourth-order valence-electron chi connectivity index (χ4n) is 2.51. The normalized spacial score (nSPS) is 10.6. The minimum atomic E-state index is -0.259. The number of rotatable bonds is 3. The molecule has 0 saturated carbocycles. The monoisotopic (exact) mass is 341 g/mol. The van der Waals surface area contributed by atoms with Crippen LogP contribution < -0.4 is 10.6 Å². The molecule has 0 radical (unpaired) electrons. The molecule has 0 aliphatic carbocycles. The lowest BCUT2D eigenvalue weighted by molar-refractivity contribution is -0.114. The lowest BCUT2D eigenvalue weighted by atomic mass is 10.1. The maximum atomic E-state index is 12.5. The van der Waals surface area contributed by atoms with Gasteiger partial charge in [-0.25, -0.2) is 0 Å². The second-order valence-corrected chi connectivity index (χ2v) is 5.96. The largest absolute Gasteiger partial charge is 0.351 e. The summed E-state index contributed by atoms with van der Waals surface area (Å²) in [4.78, 5) is 26.8. The molecule has 0 aliphatic heterocycles. The predicted octanol–water partition coefficient (Wildman–Crippen LogP) is 4.34. The van der Waals surface area contributed by atoms with E-state index in [1.807, 2.05) is 13.0 Å². The van der Waals surface area contributed by atoms with Crippen molar-refractivity contribution in [3.63, 3.8) is 0 Å². The van der Waals surface area contributed by atoms with Crippen molar-refractivity contribution in [3.8, 4) is 0 Å². The molecule has 3 rings (SSSR count). The Kier molecular flexibility index (Phi) is 4.27. The first kappa shape index (κ1) is 16.1. The van der Waals surface area contributed by atoms with Gasteiger partial charge in [-0.3, -0.25) is 9.59 Å². The Hall–Kier alpha value is -2.79. The highest BCUT2D eigenvalue weighted by atomic mass is 35.5. The molecule has 2 aromatic carbocycles. The fourth-order valence-corrected chi connectivity index (χ4v) is 2.69. The van der Waals surface area contributed by atoms with Crippen molar-refractivity contribution in [1.82, 2.24) is 4.98 Å². The highest BCUT2D eigenvalue weighted by Gasteiger charge is 2.12. The zero-order chi connectivity index (χ0) is 17.3. The van der Waals surface area contributed by atoms with Gasteiger partial charge in [-0.1, -0.05) is 17.7 Å². The molecule has 24 heavy (non-hydrogen) atoms. The number of hydrogen-bond acceptors (Lipinski definition) is 2. The Morgan fingerprint density at radius 1 is 1.04 bits per heavy atom. The maximum absolute atomic E-state index is 12.5. The summed E-state index contributed by atoms with van der Waals surface area (Å²) in [6.45, 7) is 3.28.